The normalized spacial score (nSPS) is 11.0. The lowest BCUT2D eigenvalue weighted by atomic mass is 10.1. The molecule has 0 aliphatic rings. The molecule has 0 radical (unpaired) electrons. The number of benzene rings is 1. The fourth-order valence-electron chi connectivity index (χ4n) is 3.07. The molecule has 0 saturated carbocycles. The zero-order chi connectivity index (χ0) is 19.5. The molecule has 0 unspecified atom stereocenters. The van der Waals surface area contributed by atoms with Gasteiger partial charge in [-0.05, 0) is 70.9 Å². The van der Waals surface area contributed by atoms with Crippen LogP contribution in [-0.2, 0) is 0 Å². The number of hydrogen-bond donors (Lipinski definition) is 2. The van der Waals surface area contributed by atoms with Crippen LogP contribution in [0, 0.1) is 18.3 Å². The number of aromatic nitrogens is 3. The van der Waals surface area contributed by atoms with Crippen LogP contribution in [0.3, 0.4) is 0 Å². The van der Waals surface area contributed by atoms with Crippen LogP contribution in [0.4, 0.5) is 11.4 Å². The Kier molecular flexibility index (Phi) is 4.92. The van der Waals surface area contributed by atoms with Crippen molar-refractivity contribution < 1.29 is 0 Å². The van der Waals surface area contributed by atoms with E-state index in [0.29, 0.717) is 5.56 Å². The highest BCUT2D eigenvalue weighted by Gasteiger charge is 2.11. The number of halogens is 1. The van der Waals surface area contributed by atoms with Crippen molar-refractivity contribution in [3.05, 3.63) is 82.0 Å². The van der Waals surface area contributed by atoms with Gasteiger partial charge in [0.15, 0.2) is 0 Å². The first-order valence-electron chi connectivity index (χ1n) is 8.68. The van der Waals surface area contributed by atoms with Crippen molar-refractivity contribution >= 4 is 50.4 Å². The fraction of sp³-hybridized carbons (Fsp3) is 0.0455. The zero-order valence-electron chi connectivity index (χ0n) is 15.1. The Labute approximate surface area is 170 Å². The Hall–Kier alpha value is -3.43. The predicted octanol–water partition coefficient (Wildman–Crippen LogP) is 5.81. The number of anilines is 2. The molecule has 6 heteroatoms. The second-order valence-corrected chi connectivity index (χ2v) is 7.10. The van der Waals surface area contributed by atoms with Gasteiger partial charge in [-0.1, -0.05) is 6.07 Å². The maximum absolute atomic E-state index is 9.57. The third kappa shape index (κ3) is 3.53. The van der Waals surface area contributed by atoms with E-state index in [-0.39, 0.29) is 0 Å². The highest BCUT2D eigenvalue weighted by Crippen LogP contribution is 2.31. The molecule has 0 amide bonds. The number of aromatic amines is 1. The number of nitrogens with zero attached hydrogens (tertiary/aromatic N) is 3. The number of hydrogen-bond acceptors (Lipinski definition) is 4. The van der Waals surface area contributed by atoms with Gasteiger partial charge in [-0.25, -0.2) is 4.98 Å². The Morgan fingerprint density at radius 3 is 2.86 bits per heavy atom. The lowest BCUT2D eigenvalue weighted by molar-refractivity contribution is 1.25. The molecule has 0 fully saturated rings. The molecule has 136 valence electrons. The molecule has 5 nitrogen and oxygen atoms in total. The quantitative estimate of drug-likeness (QED) is 0.401. The second kappa shape index (κ2) is 7.67. The Morgan fingerprint density at radius 1 is 1.14 bits per heavy atom. The van der Waals surface area contributed by atoms with Crippen LogP contribution in [0.25, 0.3) is 23.1 Å². The number of fused-ring (bicyclic) bond motifs is 1. The number of nitriles is 1. The van der Waals surface area contributed by atoms with E-state index in [2.05, 4.69) is 49.2 Å². The van der Waals surface area contributed by atoms with Crippen molar-refractivity contribution in [1.82, 2.24) is 15.0 Å². The smallest absolute Gasteiger partial charge is 0.106 e. The molecule has 4 rings (SSSR count). The molecule has 0 aliphatic heterocycles. The van der Waals surface area contributed by atoms with Crippen molar-refractivity contribution in [1.29, 1.82) is 5.26 Å². The van der Waals surface area contributed by atoms with Gasteiger partial charge in [0.25, 0.3) is 0 Å². The summed E-state index contributed by atoms with van der Waals surface area (Å²) >= 11 is 3.38. The van der Waals surface area contributed by atoms with Gasteiger partial charge in [-0.15, -0.1) is 0 Å². The van der Waals surface area contributed by atoms with Gasteiger partial charge in [0.1, 0.15) is 10.7 Å². The summed E-state index contributed by atoms with van der Waals surface area (Å²) in [6, 6.07) is 14.0. The van der Waals surface area contributed by atoms with Crippen LogP contribution in [0.5, 0.6) is 0 Å². The topological polar surface area (TPSA) is 77.4 Å². The summed E-state index contributed by atoms with van der Waals surface area (Å²) in [7, 11) is 0. The fourth-order valence-corrected chi connectivity index (χ4v) is 3.43. The summed E-state index contributed by atoms with van der Waals surface area (Å²) in [4.78, 5) is 11.8. The molecule has 2 N–H and O–H groups in total. The van der Waals surface area contributed by atoms with Crippen LogP contribution in [-0.4, -0.2) is 15.0 Å². The van der Waals surface area contributed by atoms with Crippen molar-refractivity contribution in [3.8, 4) is 6.07 Å². The van der Waals surface area contributed by atoms with E-state index in [4.69, 9.17) is 0 Å². The highest BCUT2D eigenvalue weighted by atomic mass is 79.9. The molecular weight excluding hydrogens is 414 g/mol. The average molecular weight is 430 g/mol. The minimum atomic E-state index is 0.484. The van der Waals surface area contributed by atoms with Crippen molar-refractivity contribution in [2.75, 3.05) is 5.32 Å². The van der Waals surface area contributed by atoms with Crippen LogP contribution in [0.2, 0.25) is 0 Å². The number of aryl methyl sites for hydroxylation is 1. The van der Waals surface area contributed by atoms with Crippen molar-refractivity contribution in [2.24, 2.45) is 0 Å². The van der Waals surface area contributed by atoms with Gasteiger partial charge in [0, 0.05) is 40.7 Å². The monoisotopic (exact) mass is 429 g/mol. The third-order valence-corrected chi connectivity index (χ3v) is 4.97. The lowest BCUT2D eigenvalue weighted by Gasteiger charge is -2.14. The third-order valence-electron chi connectivity index (χ3n) is 4.53. The van der Waals surface area contributed by atoms with Gasteiger partial charge >= 0.3 is 0 Å². The van der Waals surface area contributed by atoms with E-state index >= 15 is 0 Å². The van der Waals surface area contributed by atoms with E-state index in [0.717, 1.165) is 43.7 Å². The summed E-state index contributed by atoms with van der Waals surface area (Å²) in [6.07, 6.45) is 9.04. The van der Waals surface area contributed by atoms with Gasteiger partial charge in [-0.3, -0.25) is 4.98 Å². The number of nitrogens with one attached hydrogen (secondary N) is 2. The van der Waals surface area contributed by atoms with E-state index in [1.807, 2.05) is 54.7 Å². The maximum Gasteiger partial charge on any atom is 0.106 e. The number of H-pyrrole nitrogens is 1. The van der Waals surface area contributed by atoms with Gasteiger partial charge < -0.3 is 10.3 Å². The van der Waals surface area contributed by atoms with Crippen molar-refractivity contribution in [3.63, 3.8) is 0 Å². The predicted molar refractivity (Wildman–Crippen MR) is 116 cm³/mol. The van der Waals surface area contributed by atoms with Gasteiger partial charge in [-0.2, -0.15) is 5.26 Å². The minimum absolute atomic E-state index is 0.484. The lowest BCUT2D eigenvalue weighted by Crippen LogP contribution is -1.99. The first kappa shape index (κ1) is 18.0. The Bertz CT molecular complexity index is 1230. The van der Waals surface area contributed by atoms with Crippen LogP contribution < -0.4 is 5.32 Å². The summed E-state index contributed by atoms with van der Waals surface area (Å²) in [5.74, 6) is 0. The van der Waals surface area contributed by atoms with Crippen LogP contribution in [0.15, 0.2) is 59.6 Å². The van der Waals surface area contributed by atoms with E-state index < -0.39 is 0 Å². The van der Waals surface area contributed by atoms with Crippen LogP contribution >= 0.6 is 15.9 Å². The Morgan fingerprint density at radius 2 is 2.04 bits per heavy atom. The molecule has 4 aromatic rings. The average Bonchev–Trinajstić information content (AvgIpc) is 3.19. The largest absolute Gasteiger partial charge is 0.361 e. The summed E-state index contributed by atoms with van der Waals surface area (Å²) in [6.45, 7) is 2.06. The summed E-state index contributed by atoms with van der Waals surface area (Å²) in [5.41, 5.74) is 5.98. The first-order valence-corrected chi connectivity index (χ1v) is 9.47. The molecule has 3 aromatic heterocycles. The molecule has 1 aromatic carbocycles. The standard InChI is InChI=1S/C22H16BrN5/c1-14-18-9-10-26-20(18)8-7-19(14)28-22-15(12-25-13-16(22)11-24)5-6-17-3-2-4-21(23)27-17/h2-10,12-13,26H,1H3,(H,25,28)/b6-5+. The van der Waals surface area contributed by atoms with Crippen molar-refractivity contribution in [2.45, 2.75) is 6.92 Å². The second-order valence-electron chi connectivity index (χ2n) is 6.28. The summed E-state index contributed by atoms with van der Waals surface area (Å²) < 4.78 is 0.771. The minimum Gasteiger partial charge on any atom is -0.361 e. The molecule has 0 bridgehead atoms. The molecule has 28 heavy (non-hydrogen) atoms. The van der Waals surface area contributed by atoms with Gasteiger partial charge in [0.2, 0.25) is 0 Å². The molecule has 0 aliphatic carbocycles. The van der Waals surface area contributed by atoms with E-state index in [1.165, 1.54) is 0 Å². The molecule has 0 atom stereocenters. The first-order chi connectivity index (χ1) is 13.7. The number of pyridine rings is 2. The molecule has 3 heterocycles. The molecule has 0 saturated heterocycles. The molecule has 0 spiro atoms. The highest BCUT2D eigenvalue weighted by molar-refractivity contribution is 9.10. The van der Waals surface area contributed by atoms with E-state index in [9.17, 15) is 5.26 Å². The SMILES string of the molecule is Cc1c(Nc2c(C#N)cncc2/C=C/c2cccc(Br)n2)ccc2[nH]ccc12. The zero-order valence-corrected chi connectivity index (χ0v) is 16.7. The number of rotatable bonds is 4. The Balaban J connectivity index is 1.75. The van der Waals surface area contributed by atoms with Gasteiger partial charge in [0.05, 0.1) is 16.9 Å². The summed E-state index contributed by atoms with van der Waals surface area (Å²) in [5, 5.41) is 14.2. The molecular formula is C22H16BrN5. The van der Waals surface area contributed by atoms with E-state index in [1.54, 1.807) is 12.4 Å². The van der Waals surface area contributed by atoms with Crippen LogP contribution in [0.1, 0.15) is 22.4 Å². The maximum atomic E-state index is 9.57.